The summed E-state index contributed by atoms with van der Waals surface area (Å²) < 4.78 is 2.16. The highest BCUT2D eigenvalue weighted by atomic mass is 16.2. The third-order valence-electron chi connectivity index (χ3n) is 5.76. The summed E-state index contributed by atoms with van der Waals surface area (Å²) in [5.41, 5.74) is 3.53. The molecule has 1 amide bonds. The van der Waals surface area contributed by atoms with Gasteiger partial charge in [-0.25, -0.2) is 4.98 Å². The Labute approximate surface area is 174 Å². The number of hydrogen-bond acceptors (Lipinski definition) is 3. The Morgan fingerprint density at radius 1 is 0.833 bits per heavy atom. The van der Waals surface area contributed by atoms with E-state index in [-0.39, 0.29) is 17.7 Å². The molecule has 0 unspecified atom stereocenters. The Morgan fingerprint density at radius 3 is 2.37 bits per heavy atom. The lowest BCUT2D eigenvalue weighted by Gasteiger charge is -2.19. The maximum Gasteiger partial charge on any atom is 0.254 e. The van der Waals surface area contributed by atoms with Crippen LogP contribution in [0.5, 0.6) is 0 Å². The second-order valence-corrected chi connectivity index (χ2v) is 7.57. The van der Waals surface area contributed by atoms with Gasteiger partial charge < -0.3 is 9.47 Å². The van der Waals surface area contributed by atoms with Crippen molar-refractivity contribution in [3.63, 3.8) is 0 Å². The van der Waals surface area contributed by atoms with E-state index in [1.807, 2.05) is 53.7 Å². The number of benzene rings is 3. The molecule has 0 N–H and O–H groups in total. The minimum Gasteiger partial charge on any atom is -0.336 e. The molecule has 0 saturated carbocycles. The number of aromatic nitrogens is 2. The van der Waals surface area contributed by atoms with Crippen LogP contribution in [0.4, 0.5) is 0 Å². The highest BCUT2D eigenvalue weighted by Gasteiger charge is 2.30. The van der Waals surface area contributed by atoms with Gasteiger partial charge in [-0.05, 0) is 24.6 Å². The van der Waals surface area contributed by atoms with Crippen LogP contribution in [0, 0.1) is 0 Å². The van der Waals surface area contributed by atoms with E-state index >= 15 is 0 Å². The van der Waals surface area contributed by atoms with Crippen molar-refractivity contribution in [2.24, 2.45) is 0 Å². The van der Waals surface area contributed by atoms with Crippen molar-refractivity contribution < 1.29 is 9.59 Å². The average molecular weight is 395 g/mol. The third kappa shape index (κ3) is 3.18. The summed E-state index contributed by atoms with van der Waals surface area (Å²) in [7, 11) is 0. The van der Waals surface area contributed by atoms with Crippen LogP contribution in [0.1, 0.15) is 38.7 Å². The predicted molar refractivity (Wildman–Crippen MR) is 116 cm³/mol. The van der Waals surface area contributed by atoms with Crippen molar-refractivity contribution in [3.8, 4) is 0 Å². The van der Waals surface area contributed by atoms with Crippen molar-refractivity contribution in [2.45, 2.75) is 12.5 Å². The summed E-state index contributed by atoms with van der Waals surface area (Å²) in [5, 5.41) is 0. The molecule has 30 heavy (non-hydrogen) atoms. The molecule has 1 aromatic heterocycles. The maximum atomic E-state index is 13.3. The van der Waals surface area contributed by atoms with Gasteiger partial charge in [-0.2, -0.15) is 0 Å². The fraction of sp³-hybridized carbons (Fsp3) is 0.160. The van der Waals surface area contributed by atoms with E-state index in [2.05, 4.69) is 15.6 Å². The van der Waals surface area contributed by atoms with E-state index in [0.29, 0.717) is 29.8 Å². The second kappa shape index (κ2) is 7.59. The van der Waals surface area contributed by atoms with Gasteiger partial charge in [0.25, 0.3) is 5.91 Å². The van der Waals surface area contributed by atoms with E-state index in [1.54, 1.807) is 30.3 Å². The number of carbonyl (C=O) groups excluding carboxylic acids is 2. The molecule has 1 aliphatic rings. The van der Waals surface area contributed by atoms with Gasteiger partial charge in [-0.15, -0.1) is 0 Å². The Hall–Kier alpha value is -3.73. The molecule has 4 aromatic rings. The highest BCUT2D eigenvalue weighted by Crippen LogP contribution is 2.27. The van der Waals surface area contributed by atoms with Gasteiger partial charge in [0.15, 0.2) is 5.78 Å². The molecular weight excluding hydrogens is 374 g/mol. The number of carbonyl (C=O) groups is 2. The van der Waals surface area contributed by atoms with Crippen LogP contribution >= 0.6 is 0 Å². The number of amides is 1. The Morgan fingerprint density at radius 2 is 1.53 bits per heavy atom. The zero-order chi connectivity index (χ0) is 20.5. The number of rotatable bonds is 4. The van der Waals surface area contributed by atoms with Crippen LogP contribution in [0.15, 0.2) is 85.2 Å². The summed E-state index contributed by atoms with van der Waals surface area (Å²) >= 11 is 0. The summed E-state index contributed by atoms with van der Waals surface area (Å²) in [6, 6.07) is 24.4. The molecule has 5 nitrogen and oxygen atoms in total. The van der Waals surface area contributed by atoms with E-state index in [1.165, 1.54) is 0 Å². The number of hydrogen-bond donors (Lipinski definition) is 0. The summed E-state index contributed by atoms with van der Waals surface area (Å²) in [5.74, 6) is -0.224. The molecule has 1 saturated heterocycles. The molecule has 5 rings (SSSR count). The fourth-order valence-corrected chi connectivity index (χ4v) is 4.21. The molecule has 3 aromatic carbocycles. The first kappa shape index (κ1) is 18.3. The van der Waals surface area contributed by atoms with Crippen LogP contribution in [-0.4, -0.2) is 39.2 Å². The summed E-state index contributed by atoms with van der Waals surface area (Å²) in [4.78, 5) is 32.7. The number of fused-ring (bicyclic) bond motifs is 1. The van der Waals surface area contributed by atoms with Crippen LogP contribution in [0.3, 0.4) is 0 Å². The normalized spacial score (nSPS) is 16.1. The first-order valence-corrected chi connectivity index (χ1v) is 10.1. The van der Waals surface area contributed by atoms with Gasteiger partial charge in [-0.3, -0.25) is 9.59 Å². The van der Waals surface area contributed by atoms with E-state index in [9.17, 15) is 9.59 Å². The van der Waals surface area contributed by atoms with Gasteiger partial charge in [0, 0.05) is 24.2 Å². The van der Waals surface area contributed by atoms with E-state index in [0.717, 1.165) is 17.5 Å². The lowest BCUT2D eigenvalue weighted by atomic mass is 9.97. The molecule has 2 heterocycles. The molecule has 1 fully saturated rings. The molecule has 0 spiro atoms. The van der Waals surface area contributed by atoms with E-state index < -0.39 is 0 Å². The molecule has 0 aliphatic carbocycles. The molecular formula is C25H21N3O2. The Bertz CT molecular complexity index is 1230. The number of likely N-dealkylation sites (tertiary alicyclic amines) is 1. The largest absolute Gasteiger partial charge is 0.336 e. The number of nitrogens with zero attached hydrogens (tertiary/aromatic N) is 3. The van der Waals surface area contributed by atoms with Crippen LogP contribution in [-0.2, 0) is 0 Å². The summed E-state index contributed by atoms with van der Waals surface area (Å²) in [6.45, 7) is 1.26. The smallest absolute Gasteiger partial charge is 0.254 e. The molecule has 1 aliphatic heterocycles. The van der Waals surface area contributed by atoms with Crippen LogP contribution in [0.2, 0.25) is 0 Å². The zero-order valence-electron chi connectivity index (χ0n) is 16.4. The number of para-hydroxylation sites is 2. The summed E-state index contributed by atoms with van der Waals surface area (Å²) in [6.07, 6.45) is 2.72. The lowest BCUT2D eigenvalue weighted by Crippen LogP contribution is -2.30. The molecule has 0 bridgehead atoms. The molecule has 1 atom stereocenters. The first-order chi connectivity index (χ1) is 14.7. The zero-order valence-corrected chi connectivity index (χ0v) is 16.4. The SMILES string of the molecule is O=C(c1ccccc1)c1ccccc1C(=O)N1CC[C@@H](n2cnc3ccccc32)C1. The average Bonchev–Trinajstić information content (AvgIpc) is 3.46. The lowest BCUT2D eigenvalue weighted by molar-refractivity contribution is 0.0783. The fourth-order valence-electron chi connectivity index (χ4n) is 4.21. The number of ketones is 1. The first-order valence-electron chi connectivity index (χ1n) is 10.1. The molecule has 148 valence electrons. The third-order valence-corrected chi connectivity index (χ3v) is 5.76. The standard InChI is InChI=1S/C25H21N3O2/c29-24(18-8-2-1-3-9-18)20-10-4-5-11-21(20)25(30)27-15-14-19(16-27)28-17-26-22-12-6-7-13-23(22)28/h1-13,17,19H,14-16H2/t19-/m1/s1. The predicted octanol–water partition coefficient (Wildman–Crippen LogP) is 4.35. The molecule has 0 radical (unpaired) electrons. The Kier molecular flexibility index (Phi) is 4.64. The van der Waals surface area contributed by atoms with Gasteiger partial charge in [-0.1, -0.05) is 60.7 Å². The maximum absolute atomic E-state index is 13.3. The minimum absolute atomic E-state index is 0.0956. The van der Waals surface area contributed by atoms with Crippen LogP contribution < -0.4 is 0 Å². The van der Waals surface area contributed by atoms with Gasteiger partial charge in [0.2, 0.25) is 0 Å². The second-order valence-electron chi connectivity index (χ2n) is 7.57. The quantitative estimate of drug-likeness (QED) is 0.483. The molecule has 5 heteroatoms. The monoisotopic (exact) mass is 395 g/mol. The van der Waals surface area contributed by atoms with Crippen molar-refractivity contribution in [2.75, 3.05) is 13.1 Å². The highest BCUT2D eigenvalue weighted by molar-refractivity contribution is 6.15. The van der Waals surface area contributed by atoms with E-state index in [4.69, 9.17) is 0 Å². The van der Waals surface area contributed by atoms with Gasteiger partial charge in [0.05, 0.1) is 29.0 Å². The van der Waals surface area contributed by atoms with Crippen LogP contribution in [0.25, 0.3) is 11.0 Å². The van der Waals surface area contributed by atoms with Crippen molar-refractivity contribution in [1.29, 1.82) is 0 Å². The number of imidazole rings is 1. The van der Waals surface area contributed by atoms with Crippen molar-refractivity contribution in [3.05, 3.63) is 102 Å². The van der Waals surface area contributed by atoms with Crippen molar-refractivity contribution in [1.82, 2.24) is 14.5 Å². The topological polar surface area (TPSA) is 55.2 Å². The van der Waals surface area contributed by atoms with Crippen molar-refractivity contribution >= 4 is 22.7 Å². The van der Waals surface area contributed by atoms with Gasteiger partial charge in [0.1, 0.15) is 0 Å². The van der Waals surface area contributed by atoms with Gasteiger partial charge >= 0.3 is 0 Å². The Balaban J connectivity index is 1.40. The minimum atomic E-state index is -0.129.